The molecule has 118 valence electrons. The Hall–Kier alpha value is -0.770. The van der Waals surface area contributed by atoms with Gasteiger partial charge in [-0.1, -0.05) is 24.6 Å². The molecule has 1 aromatic rings. The molecule has 1 aliphatic rings. The van der Waals surface area contributed by atoms with E-state index in [1.807, 2.05) is 18.2 Å². The first-order valence-corrected chi connectivity index (χ1v) is 8.24. The van der Waals surface area contributed by atoms with Gasteiger partial charge in [0.25, 0.3) is 0 Å². The maximum Gasteiger partial charge on any atom is 0.124 e. The van der Waals surface area contributed by atoms with Gasteiger partial charge in [0.1, 0.15) is 11.9 Å². The Labute approximate surface area is 132 Å². The summed E-state index contributed by atoms with van der Waals surface area (Å²) in [6.45, 7) is 2.09. The molecule has 0 saturated heterocycles. The summed E-state index contributed by atoms with van der Waals surface area (Å²) in [5, 5.41) is 0.746. The molecule has 0 spiro atoms. The lowest BCUT2D eigenvalue weighted by atomic mass is 9.94. The van der Waals surface area contributed by atoms with Gasteiger partial charge in [0.15, 0.2) is 0 Å². The second-order valence-electron chi connectivity index (χ2n) is 5.85. The molecule has 1 fully saturated rings. The van der Waals surface area contributed by atoms with Crippen molar-refractivity contribution < 1.29 is 9.47 Å². The normalized spacial score (nSPS) is 23.8. The van der Waals surface area contributed by atoms with Gasteiger partial charge in [-0.05, 0) is 44.2 Å². The third kappa shape index (κ3) is 4.60. The number of benzene rings is 1. The zero-order chi connectivity index (χ0) is 15.2. The highest BCUT2D eigenvalue weighted by Crippen LogP contribution is 2.31. The third-order valence-corrected chi connectivity index (χ3v) is 4.63. The molecule has 0 aliphatic heterocycles. The average molecular weight is 312 g/mol. The Morgan fingerprint density at radius 3 is 2.81 bits per heavy atom. The molecule has 2 N–H and O–H groups in total. The van der Waals surface area contributed by atoms with E-state index in [0.717, 1.165) is 54.9 Å². The highest BCUT2D eigenvalue weighted by atomic mass is 35.5. The number of hydrogen-bond donors (Lipinski definition) is 1. The molecule has 2 rings (SSSR count). The van der Waals surface area contributed by atoms with Gasteiger partial charge in [0.05, 0.1) is 6.10 Å². The summed E-state index contributed by atoms with van der Waals surface area (Å²) in [6.07, 6.45) is 6.50. The van der Waals surface area contributed by atoms with Gasteiger partial charge >= 0.3 is 0 Å². The molecule has 1 saturated carbocycles. The number of hydrogen-bond acceptors (Lipinski definition) is 3. The van der Waals surface area contributed by atoms with Crippen LogP contribution < -0.4 is 10.5 Å². The van der Waals surface area contributed by atoms with Crippen molar-refractivity contribution in [1.29, 1.82) is 0 Å². The Kier molecular flexibility index (Phi) is 6.34. The fourth-order valence-electron chi connectivity index (χ4n) is 2.86. The zero-order valence-electron chi connectivity index (χ0n) is 13.0. The van der Waals surface area contributed by atoms with E-state index in [4.69, 9.17) is 26.8 Å². The molecule has 0 radical (unpaired) electrons. The largest absolute Gasteiger partial charge is 0.490 e. The number of ether oxygens (including phenoxy) is 2. The van der Waals surface area contributed by atoms with Gasteiger partial charge in [-0.25, -0.2) is 0 Å². The van der Waals surface area contributed by atoms with Crippen LogP contribution in [0.1, 0.15) is 44.6 Å². The van der Waals surface area contributed by atoms with Crippen molar-refractivity contribution in [2.24, 2.45) is 5.73 Å². The van der Waals surface area contributed by atoms with Crippen LogP contribution in [0.25, 0.3) is 0 Å². The van der Waals surface area contributed by atoms with Gasteiger partial charge in [0, 0.05) is 30.2 Å². The minimum Gasteiger partial charge on any atom is -0.490 e. The van der Waals surface area contributed by atoms with Crippen LogP contribution in [0.3, 0.4) is 0 Å². The number of rotatable bonds is 6. The first-order valence-electron chi connectivity index (χ1n) is 7.86. The van der Waals surface area contributed by atoms with Crippen molar-refractivity contribution in [2.75, 3.05) is 7.11 Å². The predicted molar refractivity (Wildman–Crippen MR) is 87.1 cm³/mol. The van der Waals surface area contributed by atoms with Crippen LogP contribution in [-0.4, -0.2) is 25.4 Å². The van der Waals surface area contributed by atoms with Crippen LogP contribution in [0.5, 0.6) is 5.75 Å². The van der Waals surface area contributed by atoms with Gasteiger partial charge in [-0.2, -0.15) is 0 Å². The first-order chi connectivity index (χ1) is 10.1. The Morgan fingerprint density at radius 1 is 1.33 bits per heavy atom. The van der Waals surface area contributed by atoms with Crippen molar-refractivity contribution >= 4 is 11.6 Å². The van der Waals surface area contributed by atoms with E-state index in [9.17, 15) is 0 Å². The highest BCUT2D eigenvalue weighted by molar-refractivity contribution is 6.31. The Balaban J connectivity index is 2.10. The maximum absolute atomic E-state index is 6.34. The Bertz CT molecular complexity index is 452. The van der Waals surface area contributed by atoms with E-state index in [1.165, 1.54) is 0 Å². The molecular weight excluding hydrogens is 286 g/mol. The van der Waals surface area contributed by atoms with Gasteiger partial charge < -0.3 is 15.2 Å². The summed E-state index contributed by atoms with van der Waals surface area (Å²) in [5.74, 6) is 0.883. The number of methoxy groups -OCH3 is 1. The quantitative estimate of drug-likeness (QED) is 0.865. The summed E-state index contributed by atoms with van der Waals surface area (Å²) in [7, 11) is 1.78. The summed E-state index contributed by atoms with van der Waals surface area (Å²) in [5.41, 5.74) is 7.12. The maximum atomic E-state index is 6.34. The molecule has 21 heavy (non-hydrogen) atoms. The molecule has 1 aliphatic carbocycles. The minimum atomic E-state index is 0.116. The summed E-state index contributed by atoms with van der Waals surface area (Å²) >= 11 is 6.34. The number of nitrogens with two attached hydrogens (primary N) is 1. The van der Waals surface area contributed by atoms with E-state index in [-0.39, 0.29) is 12.1 Å². The monoisotopic (exact) mass is 311 g/mol. The smallest absolute Gasteiger partial charge is 0.124 e. The predicted octanol–water partition coefficient (Wildman–Crippen LogP) is 3.96. The van der Waals surface area contributed by atoms with Crippen molar-refractivity contribution in [1.82, 2.24) is 0 Å². The van der Waals surface area contributed by atoms with Crippen molar-refractivity contribution in [3.8, 4) is 5.75 Å². The highest BCUT2D eigenvalue weighted by Gasteiger charge is 2.24. The molecule has 0 amide bonds. The van der Waals surface area contributed by atoms with Crippen LogP contribution in [0.4, 0.5) is 0 Å². The van der Waals surface area contributed by atoms with Gasteiger partial charge in [-0.3, -0.25) is 0 Å². The molecule has 3 unspecified atom stereocenters. The van der Waals surface area contributed by atoms with E-state index in [2.05, 4.69) is 6.92 Å². The molecule has 0 bridgehead atoms. The van der Waals surface area contributed by atoms with Crippen molar-refractivity contribution in [3.63, 3.8) is 0 Å². The summed E-state index contributed by atoms with van der Waals surface area (Å²) in [4.78, 5) is 0. The fourth-order valence-corrected chi connectivity index (χ4v) is 3.10. The van der Waals surface area contributed by atoms with Gasteiger partial charge in [-0.15, -0.1) is 0 Å². The molecular formula is C17H26ClNO2. The SMILES string of the molecule is CCC(N)Cc1c(Cl)cccc1OC1CCCC(OC)C1. The van der Waals surface area contributed by atoms with E-state index < -0.39 is 0 Å². The lowest BCUT2D eigenvalue weighted by Gasteiger charge is -2.29. The summed E-state index contributed by atoms with van der Waals surface area (Å²) in [6, 6.07) is 5.96. The van der Waals surface area contributed by atoms with Crippen LogP contribution in [0.2, 0.25) is 5.02 Å². The average Bonchev–Trinajstić information content (AvgIpc) is 2.50. The van der Waals surface area contributed by atoms with E-state index >= 15 is 0 Å². The first kappa shape index (κ1) is 16.6. The zero-order valence-corrected chi connectivity index (χ0v) is 13.7. The van der Waals surface area contributed by atoms with Crippen LogP contribution >= 0.6 is 11.6 Å². The molecule has 1 aromatic carbocycles. The fraction of sp³-hybridized carbons (Fsp3) is 0.647. The molecule has 0 heterocycles. The van der Waals surface area contributed by atoms with E-state index in [1.54, 1.807) is 7.11 Å². The molecule has 3 nitrogen and oxygen atoms in total. The van der Waals surface area contributed by atoms with Crippen molar-refractivity contribution in [2.45, 2.75) is 63.7 Å². The second kappa shape index (κ2) is 8.02. The van der Waals surface area contributed by atoms with Crippen molar-refractivity contribution in [3.05, 3.63) is 28.8 Å². The lowest BCUT2D eigenvalue weighted by Crippen LogP contribution is -2.30. The molecule has 4 heteroatoms. The molecule has 3 atom stereocenters. The second-order valence-corrected chi connectivity index (χ2v) is 6.26. The Morgan fingerprint density at radius 2 is 2.10 bits per heavy atom. The minimum absolute atomic E-state index is 0.116. The third-order valence-electron chi connectivity index (χ3n) is 4.27. The molecule has 0 aromatic heterocycles. The lowest BCUT2D eigenvalue weighted by molar-refractivity contribution is 0.0206. The van der Waals surface area contributed by atoms with Crippen LogP contribution in [0.15, 0.2) is 18.2 Å². The topological polar surface area (TPSA) is 44.5 Å². The van der Waals surface area contributed by atoms with E-state index in [0.29, 0.717) is 6.10 Å². The summed E-state index contributed by atoms with van der Waals surface area (Å²) < 4.78 is 11.7. The number of halogens is 1. The van der Waals surface area contributed by atoms with Crippen LogP contribution in [-0.2, 0) is 11.2 Å². The van der Waals surface area contributed by atoms with Crippen LogP contribution in [0, 0.1) is 0 Å². The van der Waals surface area contributed by atoms with Gasteiger partial charge in [0.2, 0.25) is 0 Å². The standard InChI is InChI=1S/C17H26ClNO2/c1-3-12(19)10-15-16(18)8-5-9-17(15)21-14-7-4-6-13(11-14)20-2/h5,8-9,12-14H,3-4,6-7,10-11,19H2,1-2H3.